The Morgan fingerprint density at radius 2 is 1.76 bits per heavy atom. The molecule has 0 bridgehead atoms. The predicted octanol–water partition coefficient (Wildman–Crippen LogP) is 2.00. The topological polar surface area (TPSA) is 135 Å². The second-order valence-electron chi connectivity index (χ2n) is 8.58. The molecule has 0 saturated heterocycles. The number of aryl methyl sites for hydroxylation is 1. The summed E-state index contributed by atoms with van der Waals surface area (Å²) >= 11 is 0. The van der Waals surface area contributed by atoms with Crippen molar-refractivity contribution in [2.75, 3.05) is 12.8 Å². The Morgan fingerprint density at radius 3 is 2.41 bits per heavy atom. The van der Waals surface area contributed by atoms with E-state index in [2.05, 4.69) is 10.0 Å². The van der Waals surface area contributed by atoms with Gasteiger partial charge in [-0.1, -0.05) is 43.2 Å². The molecule has 0 radical (unpaired) electrons. The molecule has 3 N–H and O–H groups in total. The maximum Gasteiger partial charge on any atom is 0.330 e. The van der Waals surface area contributed by atoms with E-state index in [-0.39, 0.29) is 18.7 Å². The third-order valence-electron chi connectivity index (χ3n) is 5.92. The molecule has 0 fully saturated rings. The van der Waals surface area contributed by atoms with Crippen molar-refractivity contribution >= 4 is 21.9 Å². The molecule has 1 amide bonds. The fraction of sp³-hybridized carbons (Fsp3) is 0.458. The second kappa shape index (κ2) is 11.4. The van der Waals surface area contributed by atoms with Gasteiger partial charge >= 0.3 is 5.97 Å². The van der Waals surface area contributed by atoms with Gasteiger partial charge in [-0.3, -0.25) is 9.59 Å². The Kier molecular flexibility index (Phi) is 8.62. The SMILES string of the molecule is CS(=O)(=O)NCCCn1c2c(cc(C(=O)N[C@@H](C(=O)O)c3ccccc3)c1=O)CCCCCC2. The summed E-state index contributed by atoms with van der Waals surface area (Å²) in [6.45, 7) is 0.428. The summed E-state index contributed by atoms with van der Waals surface area (Å²) in [7, 11) is -3.34. The molecule has 184 valence electrons. The van der Waals surface area contributed by atoms with Crippen molar-refractivity contribution in [1.29, 1.82) is 0 Å². The van der Waals surface area contributed by atoms with Crippen molar-refractivity contribution in [3.8, 4) is 0 Å². The maximum absolute atomic E-state index is 13.4. The molecule has 10 heteroatoms. The van der Waals surface area contributed by atoms with Crippen LogP contribution >= 0.6 is 0 Å². The van der Waals surface area contributed by atoms with Crippen LogP contribution in [0.4, 0.5) is 0 Å². The lowest BCUT2D eigenvalue weighted by molar-refractivity contribution is -0.139. The van der Waals surface area contributed by atoms with Gasteiger partial charge in [0.25, 0.3) is 11.5 Å². The second-order valence-corrected chi connectivity index (χ2v) is 10.4. The first-order valence-corrected chi connectivity index (χ1v) is 13.4. The average molecular weight is 490 g/mol. The molecule has 34 heavy (non-hydrogen) atoms. The number of hydrogen-bond donors (Lipinski definition) is 3. The number of nitrogens with one attached hydrogen (secondary N) is 2. The quantitative estimate of drug-likeness (QED) is 0.461. The lowest BCUT2D eigenvalue weighted by Crippen LogP contribution is -2.39. The number of nitrogens with zero attached hydrogens (tertiary/aromatic N) is 1. The van der Waals surface area contributed by atoms with Crippen LogP contribution in [-0.4, -0.2) is 42.8 Å². The van der Waals surface area contributed by atoms with Gasteiger partial charge in [0.05, 0.1) is 6.26 Å². The van der Waals surface area contributed by atoms with Gasteiger partial charge in [0, 0.05) is 18.8 Å². The van der Waals surface area contributed by atoms with E-state index in [9.17, 15) is 27.9 Å². The first-order valence-electron chi connectivity index (χ1n) is 11.5. The highest BCUT2D eigenvalue weighted by atomic mass is 32.2. The number of carbonyl (C=O) groups is 2. The molecular formula is C24H31N3O6S. The fourth-order valence-electron chi connectivity index (χ4n) is 4.27. The summed E-state index contributed by atoms with van der Waals surface area (Å²) in [6.07, 6.45) is 6.86. The van der Waals surface area contributed by atoms with Crippen molar-refractivity contribution in [3.05, 3.63) is 69.1 Å². The normalized spacial score (nSPS) is 15.0. The molecule has 1 atom stereocenters. The predicted molar refractivity (Wildman–Crippen MR) is 128 cm³/mol. The van der Waals surface area contributed by atoms with Crippen LogP contribution in [0.3, 0.4) is 0 Å². The Labute approximate surface area is 199 Å². The van der Waals surface area contributed by atoms with Crippen molar-refractivity contribution in [2.45, 2.75) is 57.5 Å². The van der Waals surface area contributed by atoms with Crippen LogP contribution in [0, 0.1) is 0 Å². The number of carboxylic acids is 1. The number of pyridine rings is 1. The average Bonchev–Trinajstić information content (AvgIpc) is 2.76. The minimum absolute atomic E-state index is 0.0995. The van der Waals surface area contributed by atoms with E-state index in [1.165, 1.54) is 0 Å². The number of sulfonamides is 1. The van der Waals surface area contributed by atoms with E-state index >= 15 is 0 Å². The van der Waals surface area contributed by atoms with Gasteiger partial charge in [0.1, 0.15) is 5.56 Å². The number of carboxylic acid groups (broad SMARTS) is 1. The molecule has 9 nitrogen and oxygen atoms in total. The molecule has 3 rings (SSSR count). The van der Waals surface area contributed by atoms with Gasteiger partial charge in [0.2, 0.25) is 10.0 Å². The molecule has 2 aromatic rings. The van der Waals surface area contributed by atoms with E-state index in [0.29, 0.717) is 18.4 Å². The van der Waals surface area contributed by atoms with E-state index in [1.54, 1.807) is 41.0 Å². The van der Waals surface area contributed by atoms with Crippen LogP contribution in [-0.2, 0) is 34.2 Å². The molecular weight excluding hydrogens is 458 g/mol. The number of aromatic nitrogens is 1. The lowest BCUT2D eigenvalue weighted by Gasteiger charge is -2.22. The third-order valence-corrected chi connectivity index (χ3v) is 6.65. The smallest absolute Gasteiger partial charge is 0.330 e. The Morgan fingerprint density at radius 1 is 1.09 bits per heavy atom. The molecule has 1 heterocycles. The summed E-state index contributed by atoms with van der Waals surface area (Å²) in [5, 5.41) is 12.2. The van der Waals surface area contributed by atoms with E-state index in [1.807, 2.05) is 0 Å². The molecule has 1 aliphatic rings. The van der Waals surface area contributed by atoms with Crippen molar-refractivity contribution in [3.63, 3.8) is 0 Å². The maximum atomic E-state index is 13.4. The van der Waals surface area contributed by atoms with Crippen molar-refractivity contribution in [1.82, 2.24) is 14.6 Å². The van der Waals surface area contributed by atoms with Gasteiger partial charge in [-0.15, -0.1) is 0 Å². The molecule has 1 aliphatic carbocycles. The fourth-order valence-corrected chi connectivity index (χ4v) is 4.79. The highest BCUT2D eigenvalue weighted by Crippen LogP contribution is 2.21. The van der Waals surface area contributed by atoms with Crippen molar-refractivity contribution < 1.29 is 23.1 Å². The summed E-state index contributed by atoms with van der Waals surface area (Å²) in [5.41, 5.74) is 1.60. The Hall–Kier alpha value is -2.98. The minimum Gasteiger partial charge on any atom is -0.479 e. The zero-order chi connectivity index (χ0) is 24.7. The minimum atomic E-state index is -3.34. The highest BCUT2D eigenvalue weighted by Gasteiger charge is 2.26. The number of fused-ring (bicyclic) bond motifs is 1. The van der Waals surface area contributed by atoms with Gasteiger partial charge in [0.15, 0.2) is 6.04 Å². The van der Waals surface area contributed by atoms with Crippen LogP contribution in [0.1, 0.15) is 65.3 Å². The Bertz CT molecular complexity index is 1190. The number of benzene rings is 1. The van der Waals surface area contributed by atoms with Gasteiger partial charge in [-0.25, -0.2) is 17.9 Å². The lowest BCUT2D eigenvalue weighted by atomic mass is 9.95. The number of hydrogen-bond acceptors (Lipinski definition) is 5. The van der Waals surface area contributed by atoms with Crippen molar-refractivity contribution in [2.24, 2.45) is 0 Å². The van der Waals surface area contributed by atoms with Crippen LogP contribution in [0.15, 0.2) is 41.2 Å². The first-order chi connectivity index (χ1) is 16.2. The van der Waals surface area contributed by atoms with E-state index in [4.69, 9.17) is 0 Å². The molecule has 0 spiro atoms. The summed E-state index contributed by atoms with van der Waals surface area (Å²) in [5.74, 6) is -1.97. The number of rotatable bonds is 9. The summed E-state index contributed by atoms with van der Waals surface area (Å²) in [4.78, 5) is 38.3. The molecule has 0 unspecified atom stereocenters. The van der Waals surface area contributed by atoms with Gasteiger partial charge < -0.3 is 15.0 Å². The van der Waals surface area contributed by atoms with Crippen LogP contribution in [0.25, 0.3) is 0 Å². The van der Waals surface area contributed by atoms with Crippen LogP contribution < -0.4 is 15.6 Å². The number of aliphatic carboxylic acids is 1. The monoisotopic (exact) mass is 489 g/mol. The largest absolute Gasteiger partial charge is 0.479 e. The molecule has 0 aliphatic heterocycles. The van der Waals surface area contributed by atoms with Crippen LogP contribution in [0.5, 0.6) is 0 Å². The zero-order valence-corrected chi connectivity index (χ0v) is 20.1. The number of carbonyl (C=O) groups excluding carboxylic acids is 1. The van der Waals surface area contributed by atoms with Crippen LogP contribution in [0.2, 0.25) is 0 Å². The molecule has 0 saturated carbocycles. The van der Waals surface area contributed by atoms with Gasteiger partial charge in [-0.2, -0.15) is 0 Å². The van der Waals surface area contributed by atoms with E-state index in [0.717, 1.165) is 49.6 Å². The highest BCUT2D eigenvalue weighted by molar-refractivity contribution is 7.88. The first kappa shape index (κ1) is 25.6. The molecule has 1 aromatic heterocycles. The zero-order valence-electron chi connectivity index (χ0n) is 19.2. The van der Waals surface area contributed by atoms with Gasteiger partial charge in [-0.05, 0) is 49.3 Å². The summed E-state index contributed by atoms with van der Waals surface area (Å²) < 4.78 is 26.7. The van der Waals surface area contributed by atoms with E-state index < -0.39 is 33.5 Å². The molecule has 1 aromatic carbocycles. The third kappa shape index (κ3) is 6.77. The summed E-state index contributed by atoms with van der Waals surface area (Å²) in [6, 6.07) is 8.63. The Balaban J connectivity index is 1.94. The number of amides is 1. The standard InChI is InChI=1S/C24H31N3O6S/c1-34(32,33)25-14-9-15-27-20-13-8-3-2-5-12-18(20)16-19(23(27)29)22(28)26-21(24(30)31)17-10-6-4-7-11-17/h4,6-7,10-11,16,21,25H,2-3,5,8-9,12-15H2,1H3,(H,26,28)(H,30,31)/t21-/m1/s1.